The van der Waals surface area contributed by atoms with Gasteiger partial charge >= 0.3 is 0 Å². The summed E-state index contributed by atoms with van der Waals surface area (Å²) >= 11 is 0. The number of hydrogen-bond acceptors (Lipinski definition) is 4. The van der Waals surface area contributed by atoms with Crippen molar-refractivity contribution in [2.75, 3.05) is 13.1 Å². The zero-order valence-corrected chi connectivity index (χ0v) is 14.6. The quantitative estimate of drug-likeness (QED) is 0.692. The second-order valence-corrected chi connectivity index (χ2v) is 6.83. The van der Waals surface area contributed by atoms with Crippen LogP contribution in [0.5, 0.6) is 0 Å². The van der Waals surface area contributed by atoms with E-state index in [-0.39, 0.29) is 11.7 Å². The topological polar surface area (TPSA) is 42.2 Å². The molecule has 4 nitrogen and oxygen atoms in total. The number of benzene rings is 1. The summed E-state index contributed by atoms with van der Waals surface area (Å²) in [6, 6.07) is 12.8. The predicted molar refractivity (Wildman–Crippen MR) is 97.2 cm³/mol. The normalized spacial score (nSPS) is 18.1. The third-order valence-electron chi connectivity index (χ3n) is 4.86. The van der Waals surface area contributed by atoms with Crippen LogP contribution in [0.2, 0.25) is 0 Å². The van der Waals surface area contributed by atoms with Gasteiger partial charge in [-0.3, -0.25) is 9.88 Å². The molecule has 0 radical (unpaired) electrons. The van der Waals surface area contributed by atoms with Crippen molar-refractivity contribution in [2.24, 2.45) is 0 Å². The lowest BCUT2D eigenvalue weighted by Crippen LogP contribution is -2.34. The maximum Gasteiger partial charge on any atom is 0.198 e. The van der Waals surface area contributed by atoms with Gasteiger partial charge in [0.05, 0.1) is 11.9 Å². The Balaban J connectivity index is 1.41. The van der Waals surface area contributed by atoms with Crippen LogP contribution in [0, 0.1) is 5.82 Å². The average molecular weight is 351 g/mol. The molecule has 3 aromatic rings. The van der Waals surface area contributed by atoms with Crippen molar-refractivity contribution >= 4 is 0 Å². The molecule has 0 spiro atoms. The van der Waals surface area contributed by atoms with Crippen LogP contribution < -0.4 is 0 Å². The maximum atomic E-state index is 13.8. The van der Waals surface area contributed by atoms with Crippen LogP contribution in [-0.4, -0.2) is 28.0 Å². The lowest BCUT2D eigenvalue weighted by Gasteiger charge is -2.30. The lowest BCUT2D eigenvalue weighted by molar-refractivity contribution is 0.183. The molecule has 3 heterocycles. The van der Waals surface area contributed by atoms with E-state index in [9.17, 15) is 4.39 Å². The molecule has 0 N–H and O–H groups in total. The molecule has 5 heteroatoms. The van der Waals surface area contributed by atoms with Crippen LogP contribution in [0.25, 0.3) is 0 Å². The van der Waals surface area contributed by atoms with Gasteiger partial charge in [0.25, 0.3) is 0 Å². The summed E-state index contributed by atoms with van der Waals surface area (Å²) in [5, 5.41) is 0. The summed E-state index contributed by atoms with van der Waals surface area (Å²) in [4.78, 5) is 11.3. The molecule has 1 saturated heterocycles. The fourth-order valence-corrected chi connectivity index (χ4v) is 3.54. The number of hydrogen-bond donors (Lipinski definition) is 0. The van der Waals surface area contributed by atoms with E-state index >= 15 is 0 Å². The van der Waals surface area contributed by atoms with Gasteiger partial charge in [-0.05, 0) is 43.1 Å². The molecule has 1 atom stereocenters. The molecule has 0 amide bonds. The molecule has 1 aliphatic rings. The van der Waals surface area contributed by atoms with Crippen molar-refractivity contribution in [1.29, 1.82) is 0 Å². The van der Waals surface area contributed by atoms with Gasteiger partial charge in [0.15, 0.2) is 5.89 Å². The van der Waals surface area contributed by atoms with E-state index in [2.05, 4.69) is 20.9 Å². The molecule has 1 fully saturated rings. The third-order valence-corrected chi connectivity index (χ3v) is 4.86. The average Bonchev–Trinajstić information content (AvgIpc) is 3.13. The second-order valence-electron chi connectivity index (χ2n) is 6.83. The van der Waals surface area contributed by atoms with Crippen LogP contribution in [-0.2, 0) is 13.0 Å². The molecule has 134 valence electrons. The van der Waals surface area contributed by atoms with Crippen LogP contribution in [0.1, 0.15) is 41.7 Å². The van der Waals surface area contributed by atoms with E-state index in [0.29, 0.717) is 17.7 Å². The predicted octanol–water partition coefficient (Wildman–Crippen LogP) is 4.18. The van der Waals surface area contributed by atoms with E-state index in [4.69, 9.17) is 4.42 Å². The van der Waals surface area contributed by atoms with Crippen LogP contribution >= 0.6 is 0 Å². The largest absolute Gasteiger partial charge is 0.445 e. The van der Waals surface area contributed by atoms with Gasteiger partial charge in [-0.25, -0.2) is 9.37 Å². The smallest absolute Gasteiger partial charge is 0.198 e. The van der Waals surface area contributed by atoms with Gasteiger partial charge in [0.2, 0.25) is 0 Å². The zero-order chi connectivity index (χ0) is 17.8. The van der Waals surface area contributed by atoms with Crippen LogP contribution in [0.15, 0.2) is 59.3 Å². The number of aromatic nitrogens is 2. The summed E-state index contributed by atoms with van der Waals surface area (Å²) < 4.78 is 19.8. The number of piperidine rings is 1. The molecule has 2 aromatic heterocycles. The summed E-state index contributed by atoms with van der Waals surface area (Å²) in [5.74, 6) is 1.56. The highest BCUT2D eigenvalue weighted by Gasteiger charge is 2.25. The third kappa shape index (κ3) is 3.99. The first-order valence-electron chi connectivity index (χ1n) is 9.08. The molecule has 0 unspecified atom stereocenters. The minimum atomic E-state index is -0.204. The fraction of sp³-hybridized carbons (Fsp3) is 0.333. The molecule has 0 aliphatic carbocycles. The van der Waals surface area contributed by atoms with Crippen molar-refractivity contribution in [3.63, 3.8) is 0 Å². The zero-order valence-electron chi connectivity index (χ0n) is 14.6. The molecule has 1 aliphatic heterocycles. The minimum Gasteiger partial charge on any atom is -0.445 e. The van der Waals surface area contributed by atoms with Gasteiger partial charge in [-0.15, -0.1) is 0 Å². The number of pyridine rings is 1. The molecule has 0 bridgehead atoms. The Labute approximate surface area is 152 Å². The molecular formula is C21H22FN3O. The number of oxazole rings is 1. The number of likely N-dealkylation sites (tertiary alicyclic amines) is 1. The Hall–Kier alpha value is -2.53. The second kappa shape index (κ2) is 7.79. The van der Waals surface area contributed by atoms with Crippen molar-refractivity contribution < 1.29 is 8.81 Å². The highest BCUT2D eigenvalue weighted by molar-refractivity contribution is 5.21. The molecule has 4 rings (SSSR count). The fourth-order valence-electron chi connectivity index (χ4n) is 3.54. The standard InChI is InChI=1S/C21H22FN3O/c22-20-9-2-1-6-16(20)12-19-13-24-21(26-19)17-7-5-11-25(14-17)15-18-8-3-4-10-23-18/h1-4,6,8-10,13,17H,5,7,11-12,14-15H2/t17-/m1/s1. The Morgan fingerprint density at radius 2 is 2.00 bits per heavy atom. The number of nitrogens with zero attached hydrogens (tertiary/aromatic N) is 3. The molecular weight excluding hydrogens is 329 g/mol. The van der Waals surface area contributed by atoms with Crippen molar-refractivity contribution in [1.82, 2.24) is 14.9 Å². The monoisotopic (exact) mass is 351 g/mol. The van der Waals surface area contributed by atoms with E-state index in [1.165, 1.54) is 6.07 Å². The van der Waals surface area contributed by atoms with Gasteiger partial charge < -0.3 is 4.42 Å². The summed E-state index contributed by atoms with van der Waals surface area (Å²) in [6.07, 6.45) is 6.18. The summed E-state index contributed by atoms with van der Waals surface area (Å²) in [7, 11) is 0. The van der Waals surface area contributed by atoms with Crippen molar-refractivity contribution in [2.45, 2.75) is 31.7 Å². The van der Waals surface area contributed by atoms with Crippen molar-refractivity contribution in [3.8, 4) is 0 Å². The maximum absolute atomic E-state index is 13.8. The Bertz CT molecular complexity index is 849. The van der Waals surface area contributed by atoms with E-state index in [1.54, 1.807) is 18.3 Å². The first kappa shape index (κ1) is 16.9. The summed E-state index contributed by atoms with van der Waals surface area (Å²) in [5.41, 5.74) is 1.72. The molecule has 26 heavy (non-hydrogen) atoms. The Morgan fingerprint density at radius 1 is 1.12 bits per heavy atom. The van der Waals surface area contributed by atoms with Crippen LogP contribution in [0.3, 0.4) is 0 Å². The lowest BCUT2D eigenvalue weighted by atomic mass is 9.98. The number of rotatable bonds is 5. The van der Waals surface area contributed by atoms with E-state index in [1.807, 2.05) is 24.4 Å². The first-order valence-corrected chi connectivity index (χ1v) is 9.08. The van der Waals surface area contributed by atoms with Gasteiger partial charge in [0.1, 0.15) is 11.6 Å². The minimum absolute atomic E-state index is 0.204. The first-order chi connectivity index (χ1) is 12.8. The highest BCUT2D eigenvalue weighted by Crippen LogP contribution is 2.28. The van der Waals surface area contributed by atoms with E-state index in [0.717, 1.165) is 44.1 Å². The Morgan fingerprint density at radius 3 is 2.85 bits per heavy atom. The summed E-state index contributed by atoms with van der Waals surface area (Å²) in [6.45, 7) is 2.83. The van der Waals surface area contributed by atoms with Gasteiger partial charge in [-0.2, -0.15) is 0 Å². The van der Waals surface area contributed by atoms with Gasteiger partial charge in [0, 0.05) is 31.6 Å². The van der Waals surface area contributed by atoms with Crippen molar-refractivity contribution in [3.05, 3.63) is 83.6 Å². The molecule has 1 aromatic carbocycles. The molecule has 0 saturated carbocycles. The van der Waals surface area contributed by atoms with Crippen LogP contribution in [0.4, 0.5) is 4.39 Å². The number of halogens is 1. The van der Waals surface area contributed by atoms with E-state index < -0.39 is 0 Å². The van der Waals surface area contributed by atoms with Gasteiger partial charge in [-0.1, -0.05) is 24.3 Å². The Kier molecular flexibility index (Phi) is 5.07. The SMILES string of the molecule is Fc1ccccc1Cc1cnc([C@@H]2CCCN(Cc3ccccn3)C2)o1. The highest BCUT2D eigenvalue weighted by atomic mass is 19.1.